The highest BCUT2D eigenvalue weighted by Gasteiger charge is 2.04. The van der Waals surface area contributed by atoms with E-state index in [2.05, 4.69) is 5.32 Å². The lowest BCUT2D eigenvalue weighted by Crippen LogP contribution is -2.17. The van der Waals surface area contributed by atoms with E-state index in [9.17, 15) is 4.79 Å². The lowest BCUT2D eigenvalue weighted by Gasteiger charge is -2.11. The molecule has 0 saturated carbocycles. The molecule has 3 N–H and O–H groups in total. The monoisotopic (exact) mass is 280 g/mol. The minimum atomic E-state index is -0.00602. The number of benzene rings is 1. The summed E-state index contributed by atoms with van der Waals surface area (Å²) in [6, 6.07) is 7.53. The van der Waals surface area contributed by atoms with Crippen LogP contribution in [0.5, 0.6) is 0 Å². The van der Waals surface area contributed by atoms with Crippen molar-refractivity contribution in [2.75, 3.05) is 25.6 Å². The van der Waals surface area contributed by atoms with Crippen LogP contribution in [0.25, 0.3) is 0 Å². The molecule has 1 amide bonds. The number of hydrogen-bond donors (Lipinski definition) is 2. The number of amides is 1. The van der Waals surface area contributed by atoms with Crippen molar-refractivity contribution in [2.45, 2.75) is 32.4 Å². The summed E-state index contributed by atoms with van der Waals surface area (Å²) in [5.74, 6) is -0.00602. The van der Waals surface area contributed by atoms with Crippen molar-refractivity contribution in [3.63, 3.8) is 0 Å². The van der Waals surface area contributed by atoms with Gasteiger partial charge in [-0.25, -0.2) is 0 Å². The second-order valence-corrected chi connectivity index (χ2v) is 4.69. The van der Waals surface area contributed by atoms with Gasteiger partial charge in [0.25, 0.3) is 0 Å². The fourth-order valence-corrected chi connectivity index (χ4v) is 1.75. The van der Waals surface area contributed by atoms with E-state index in [-0.39, 0.29) is 12.0 Å². The number of nitrogens with two attached hydrogens (primary N) is 1. The molecule has 0 spiro atoms. The third-order valence-electron chi connectivity index (χ3n) is 2.83. The molecular weight excluding hydrogens is 256 g/mol. The van der Waals surface area contributed by atoms with Crippen LogP contribution in [0.3, 0.4) is 0 Å². The largest absolute Gasteiger partial charge is 0.382 e. The van der Waals surface area contributed by atoms with E-state index in [1.54, 1.807) is 7.11 Å². The first kappa shape index (κ1) is 16.6. The molecule has 1 aromatic carbocycles. The van der Waals surface area contributed by atoms with Gasteiger partial charge in [-0.15, -0.1) is 0 Å². The standard InChI is InChI=1S/C15H24N2O3/c1-12(11-19-2)20-9-3-4-15(18)17-14-7-5-13(10-16)6-8-14/h5-8,12H,3-4,9-11,16H2,1-2H3,(H,17,18). The molecule has 0 aliphatic rings. The molecular formula is C15H24N2O3. The summed E-state index contributed by atoms with van der Waals surface area (Å²) in [6.07, 6.45) is 1.20. The maximum Gasteiger partial charge on any atom is 0.224 e. The smallest absolute Gasteiger partial charge is 0.224 e. The average molecular weight is 280 g/mol. The minimum absolute atomic E-state index is 0.00602. The van der Waals surface area contributed by atoms with Crippen molar-refractivity contribution in [3.05, 3.63) is 29.8 Å². The average Bonchev–Trinajstić information content (AvgIpc) is 2.45. The predicted octanol–water partition coefficient (Wildman–Crippen LogP) is 1.92. The van der Waals surface area contributed by atoms with Gasteiger partial charge in [-0.2, -0.15) is 0 Å². The molecule has 1 unspecified atom stereocenters. The minimum Gasteiger partial charge on any atom is -0.382 e. The van der Waals surface area contributed by atoms with Crippen LogP contribution in [0.15, 0.2) is 24.3 Å². The van der Waals surface area contributed by atoms with E-state index in [0.29, 0.717) is 32.6 Å². The van der Waals surface area contributed by atoms with Crippen LogP contribution < -0.4 is 11.1 Å². The second-order valence-electron chi connectivity index (χ2n) is 4.69. The summed E-state index contributed by atoms with van der Waals surface area (Å²) in [7, 11) is 1.64. The van der Waals surface area contributed by atoms with Gasteiger partial charge in [0, 0.05) is 32.4 Å². The lowest BCUT2D eigenvalue weighted by atomic mass is 10.2. The van der Waals surface area contributed by atoms with Crippen LogP contribution in [-0.4, -0.2) is 32.3 Å². The number of ether oxygens (including phenoxy) is 2. The first-order valence-corrected chi connectivity index (χ1v) is 6.85. The zero-order valence-electron chi connectivity index (χ0n) is 12.2. The topological polar surface area (TPSA) is 73.6 Å². The summed E-state index contributed by atoms with van der Waals surface area (Å²) < 4.78 is 10.5. The lowest BCUT2D eigenvalue weighted by molar-refractivity contribution is -0.116. The Kier molecular flexibility index (Phi) is 7.87. The molecule has 1 aromatic rings. The van der Waals surface area contributed by atoms with Gasteiger partial charge in [0.2, 0.25) is 5.91 Å². The van der Waals surface area contributed by atoms with Gasteiger partial charge in [0.15, 0.2) is 0 Å². The zero-order chi connectivity index (χ0) is 14.8. The summed E-state index contributed by atoms with van der Waals surface area (Å²) in [5.41, 5.74) is 7.36. The fraction of sp³-hybridized carbons (Fsp3) is 0.533. The molecule has 0 bridgehead atoms. The van der Waals surface area contributed by atoms with Gasteiger partial charge >= 0.3 is 0 Å². The molecule has 5 heteroatoms. The van der Waals surface area contributed by atoms with Crippen LogP contribution in [0.2, 0.25) is 0 Å². The van der Waals surface area contributed by atoms with Gasteiger partial charge in [-0.1, -0.05) is 12.1 Å². The summed E-state index contributed by atoms with van der Waals surface area (Å²) >= 11 is 0. The predicted molar refractivity (Wildman–Crippen MR) is 79.5 cm³/mol. The fourth-order valence-electron chi connectivity index (χ4n) is 1.75. The molecule has 20 heavy (non-hydrogen) atoms. The number of hydrogen-bond acceptors (Lipinski definition) is 4. The molecule has 0 aromatic heterocycles. The third-order valence-corrected chi connectivity index (χ3v) is 2.83. The Morgan fingerprint density at radius 3 is 2.65 bits per heavy atom. The molecule has 1 rings (SSSR count). The van der Waals surface area contributed by atoms with Crippen LogP contribution in [0.4, 0.5) is 5.69 Å². The Morgan fingerprint density at radius 1 is 1.35 bits per heavy atom. The molecule has 0 heterocycles. The van der Waals surface area contributed by atoms with E-state index >= 15 is 0 Å². The molecule has 0 aliphatic carbocycles. The number of rotatable bonds is 9. The van der Waals surface area contributed by atoms with E-state index in [0.717, 1.165) is 11.3 Å². The van der Waals surface area contributed by atoms with Crippen molar-refractivity contribution in [3.8, 4) is 0 Å². The molecule has 0 radical (unpaired) electrons. The first-order chi connectivity index (χ1) is 9.65. The van der Waals surface area contributed by atoms with E-state index in [1.807, 2.05) is 31.2 Å². The Balaban J connectivity index is 2.19. The normalized spacial score (nSPS) is 12.2. The Morgan fingerprint density at radius 2 is 2.05 bits per heavy atom. The Hall–Kier alpha value is -1.43. The van der Waals surface area contributed by atoms with Gasteiger partial charge in [0.05, 0.1) is 12.7 Å². The number of anilines is 1. The Labute approximate surface area is 120 Å². The van der Waals surface area contributed by atoms with Crippen LogP contribution >= 0.6 is 0 Å². The number of carbonyl (C=O) groups is 1. The number of carbonyl (C=O) groups excluding carboxylic acids is 1. The van der Waals surface area contributed by atoms with Crippen LogP contribution in [-0.2, 0) is 20.8 Å². The first-order valence-electron chi connectivity index (χ1n) is 6.85. The molecule has 112 valence electrons. The highest BCUT2D eigenvalue weighted by atomic mass is 16.5. The number of nitrogens with one attached hydrogen (secondary N) is 1. The highest BCUT2D eigenvalue weighted by Crippen LogP contribution is 2.09. The van der Waals surface area contributed by atoms with Crippen molar-refractivity contribution in [1.82, 2.24) is 0 Å². The van der Waals surface area contributed by atoms with Gasteiger partial charge < -0.3 is 20.5 Å². The van der Waals surface area contributed by atoms with E-state index in [1.165, 1.54) is 0 Å². The quantitative estimate of drug-likeness (QED) is 0.678. The van der Waals surface area contributed by atoms with Crippen LogP contribution in [0, 0.1) is 0 Å². The van der Waals surface area contributed by atoms with Gasteiger partial charge in [-0.3, -0.25) is 4.79 Å². The highest BCUT2D eigenvalue weighted by molar-refractivity contribution is 5.90. The summed E-state index contributed by atoms with van der Waals surface area (Å²) in [4.78, 5) is 11.7. The molecule has 5 nitrogen and oxygen atoms in total. The molecule has 0 fully saturated rings. The maximum atomic E-state index is 11.7. The van der Waals surface area contributed by atoms with Crippen LogP contribution in [0.1, 0.15) is 25.3 Å². The van der Waals surface area contributed by atoms with E-state index in [4.69, 9.17) is 15.2 Å². The van der Waals surface area contributed by atoms with Gasteiger partial charge in [0.1, 0.15) is 0 Å². The summed E-state index contributed by atoms with van der Waals surface area (Å²) in [6.45, 7) is 3.58. The van der Waals surface area contributed by atoms with Crippen molar-refractivity contribution < 1.29 is 14.3 Å². The van der Waals surface area contributed by atoms with Crippen molar-refractivity contribution in [2.24, 2.45) is 5.73 Å². The van der Waals surface area contributed by atoms with Crippen molar-refractivity contribution >= 4 is 11.6 Å². The van der Waals surface area contributed by atoms with Gasteiger partial charge in [-0.05, 0) is 31.0 Å². The SMILES string of the molecule is COCC(C)OCCCC(=O)Nc1ccc(CN)cc1. The number of methoxy groups -OCH3 is 1. The maximum absolute atomic E-state index is 11.7. The molecule has 0 aliphatic heterocycles. The van der Waals surface area contributed by atoms with Crippen molar-refractivity contribution in [1.29, 1.82) is 0 Å². The second kappa shape index (κ2) is 9.47. The molecule has 0 saturated heterocycles. The van der Waals surface area contributed by atoms with E-state index < -0.39 is 0 Å². The Bertz CT molecular complexity index is 393. The summed E-state index contributed by atoms with van der Waals surface area (Å²) in [5, 5.41) is 2.85. The zero-order valence-corrected chi connectivity index (χ0v) is 12.2. The third kappa shape index (κ3) is 6.65. The molecule has 1 atom stereocenters.